The number of anilines is 2. The van der Waals surface area contributed by atoms with Crippen molar-refractivity contribution in [2.24, 2.45) is 0 Å². The third-order valence-electron chi connectivity index (χ3n) is 3.79. The number of hydrogen-bond acceptors (Lipinski definition) is 7. The maximum absolute atomic E-state index is 9.37. The molecule has 4 rings (SSSR count). The van der Waals surface area contributed by atoms with Gasteiger partial charge in [-0.3, -0.25) is 5.32 Å². The number of aromatic nitrogens is 3. The second kappa shape index (κ2) is 6.78. The summed E-state index contributed by atoms with van der Waals surface area (Å²) in [5.74, 6) is 1.14. The van der Waals surface area contributed by atoms with Crippen molar-refractivity contribution in [3.05, 3.63) is 60.3 Å². The minimum absolute atomic E-state index is 0.397. The first-order valence-electron chi connectivity index (χ1n) is 7.81. The third-order valence-corrected chi connectivity index (χ3v) is 4.74. The largest absolute Gasteiger partial charge is 0.497 e. The molecule has 0 aliphatic heterocycles. The van der Waals surface area contributed by atoms with Crippen LogP contribution in [0.2, 0.25) is 0 Å². The second-order valence-electron chi connectivity index (χ2n) is 5.41. The Hall–Kier alpha value is -3.50. The van der Waals surface area contributed by atoms with Gasteiger partial charge in [0, 0.05) is 5.56 Å². The summed E-state index contributed by atoms with van der Waals surface area (Å²) < 4.78 is 6.26. The fourth-order valence-electron chi connectivity index (χ4n) is 2.51. The molecule has 0 saturated carbocycles. The molecule has 0 spiro atoms. The summed E-state index contributed by atoms with van der Waals surface area (Å²) in [5, 5.41) is 13.2. The van der Waals surface area contributed by atoms with Gasteiger partial charge in [-0.05, 0) is 36.4 Å². The molecule has 6 nitrogen and oxygen atoms in total. The van der Waals surface area contributed by atoms with E-state index in [0.29, 0.717) is 22.3 Å². The first-order valence-corrected chi connectivity index (χ1v) is 8.62. The Morgan fingerprint density at radius 1 is 1.08 bits per heavy atom. The van der Waals surface area contributed by atoms with Crippen molar-refractivity contribution in [3.63, 3.8) is 0 Å². The lowest BCUT2D eigenvalue weighted by molar-refractivity contribution is 0.415. The molecule has 0 unspecified atom stereocenters. The van der Waals surface area contributed by atoms with Gasteiger partial charge in [-0.1, -0.05) is 23.5 Å². The van der Waals surface area contributed by atoms with Crippen LogP contribution in [0.4, 0.5) is 11.1 Å². The number of nitrogens with zero attached hydrogens (tertiary/aromatic N) is 4. The lowest BCUT2D eigenvalue weighted by Crippen LogP contribution is -2.00. The summed E-state index contributed by atoms with van der Waals surface area (Å²) in [7, 11) is 1.61. The number of ether oxygens (including phenoxy) is 1. The Kier molecular flexibility index (Phi) is 4.17. The average Bonchev–Trinajstić information content (AvgIpc) is 3.10. The van der Waals surface area contributed by atoms with Crippen molar-refractivity contribution < 1.29 is 4.74 Å². The van der Waals surface area contributed by atoms with Gasteiger partial charge in [0.2, 0.25) is 5.95 Å². The number of nitriles is 1. The van der Waals surface area contributed by atoms with E-state index in [2.05, 4.69) is 26.3 Å². The maximum Gasteiger partial charge on any atom is 0.229 e. The van der Waals surface area contributed by atoms with E-state index in [1.165, 1.54) is 17.5 Å². The van der Waals surface area contributed by atoms with Crippen LogP contribution in [-0.4, -0.2) is 22.1 Å². The SMILES string of the molecule is COc1ccc(-c2nc(Nc3nc4ccccc4s3)ncc2C#N)cc1. The normalized spacial score (nSPS) is 10.5. The molecule has 26 heavy (non-hydrogen) atoms. The molecule has 2 heterocycles. The Labute approximate surface area is 153 Å². The molecule has 0 fully saturated rings. The van der Waals surface area contributed by atoms with Crippen LogP contribution in [0, 0.1) is 11.3 Å². The summed E-state index contributed by atoms with van der Waals surface area (Å²) in [5.41, 5.74) is 2.71. The lowest BCUT2D eigenvalue weighted by atomic mass is 10.1. The number of para-hydroxylation sites is 1. The highest BCUT2D eigenvalue weighted by Crippen LogP contribution is 2.29. The van der Waals surface area contributed by atoms with Gasteiger partial charge in [-0.25, -0.2) is 15.0 Å². The highest BCUT2D eigenvalue weighted by Gasteiger charge is 2.11. The fourth-order valence-corrected chi connectivity index (χ4v) is 3.37. The molecule has 126 valence electrons. The van der Waals surface area contributed by atoms with Gasteiger partial charge in [-0.2, -0.15) is 5.26 Å². The Morgan fingerprint density at radius 2 is 1.88 bits per heavy atom. The smallest absolute Gasteiger partial charge is 0.229 e. The topological polar surface area (TPSA) is 83.7 Å². The minimum Gasteiger partial charge on any atom is -0.497 e. The molecule has 0 aliphatic carbocycles. The van der Waals surface area contributed by atoms with Crippen LogP contribution in [0.3, 0.4) is 0 Å². The summed E-state index contributed by atoms with van der Waals surface area (Å²) in [6, 6.07) is 17.4. The predicted molar refractivity (Wildman–Crippen MR) is 102 cm³/mol. The average molecular weight is 359 g/mol. The van der Waals surface area contributed by atoms with Crippen molar-refractivity contribution in [3.8, 4) is 23.1 Å². The molecule has 4 aromatic rings. The quantitative estimate of drug-likeness (QED) is 0.582. The highest BCUT2D eigenvalue weighted by molar-refractivity contribution is 7.22. The molecule has 1 N–H and O–H groups in total. The summed E-state index contributed by atoms with van der Waals surface area (Å²) in [6.07, 6.45) is 1.52. The van der Waals surface area contributed by atoms with Gasteiger partial charge in [0.15, 0.2) is 5.13 Å². The number of rotatable bonds is 4. The number of fused-ring (bicyclic) bond motifs is 1. The molecule has 2 aromatic heterocycles. The van der Waals surface area contributed by atoms with Crippen molar-refractivity contribution >= 4 is 32.6 Å². The van der Waals surface area contributed by atoms with Crippen LogP contribution >= 0.6 is 11.3 Å². The number of nitrogens with one attached hydrogen (secondary N) is 1. The van der Waals surface area contributed by atoms with E-state index >= 15 is 0 Å². The third kappa shape index (κ3) is 3.06. The van der Waals surface area contributed by atoms with Crippen LogP contribution < -0.4 is 10.1 Å². The Balaban J connectivity index is 1.70. The molecule has 0 atom stereocenters. The number of methoxy groups -OCH3 is 1. The zero-order valence-electron chi connectivity index (χ0n) is 13.8. The first-order chi connectivity index (χ1) is 12.8. The zero-order chi connectivity index (χ0) is 17.9. The van der Waals surface area contributed by atoms with Crippen LogP contribution in [0.5, 0.6) is 5.75 Å². The van der Waals surface area contributed by atoms with E-state index in [1.54, 1.807) is 7.11 Å². The number of hydrogen-bond donors (Lipinski definition) is 1. The van der Waals surface area contributed by atoms with Crippen LogP contribution in [-0.2, 0) is 0 Å². The van der Waals surface area contributed by atoms with Crippen LogP contribution in [0.15, 0.2) is 54.7 Å². The Bertz CT molecular complexity index is 1080. The standard InChI is InChI=1S/C19H13N5OS/c1-25-14-8-6-12(7-9-14)17-13(10-20)11-21-18(23-17)24-19-22-15-4-2-3-5-16(15)26-19/h2-9,11H,1H3,(H,21,22,23,24). The fraction of sp³-hybridized carbons (Fsp3) is 0.0526. The van der Waals surface area contributed by atoms with E-state index in [1.807, 2.05) is 48.5 Å². The summed E-state index contributed by atoms with van der Waals surface area (Å²) >= 11 is 1.52. The maximum atomic E-state index is 9.37. The molecular weight excluding hydrogens is 346 g/mol. The van der Waals surface area contributed by atoms with Gasteiger partial charge in [0.1, 0.15) is 11.8 Å². The molecular formula is C19H13N5OS. The molecule has 0 saturated heterocycles. The summed E-state index contributed by atoms with van der Waals surface area (Å²) in [4.78, 5) is 13.3. The molecule has 0 bridgehead atoms. The van der Waals surface area contributed by atoms with Gasteiger partial charge in [0.25, 0.3) is 0 Å². The van der Waals surface area contributed by atoms with Gasteiger partial charge >= 0.3 is 0 Å². The monoisotopic (exact) mass is 359 g/mol. The lowest BCUT2D eigenvalue weighted by Gasteiger charge is -2.07. The molecule has 0 radical (unpaired) electrons. The van der Waals surface area contributed by atoms with E-state index in [9.17, 15) is 5.26 Å². The van der Waals surface area contributed by atoms with E-state index in [0.717, 1.165) is 21.5 Å². The predicted octanol–water partition coefficient (Wildman–Crippen LogP) is 4.38. The highest BCUT2D eigenvalue weighted by atomic mass is 32.1. The number of benzene rings is 2. The first kappa shape index (κ1) is 16.0. The summed E-state index contributed by atoms with van der Waals surface area (Å²) in [6.45, 7) is 0. The Morgan fingerprint density at radius 3 is 2.62 bits per heavy atom. The second-order valence-corrected chi connectivity index (χ2v) is 6.44. The van der Waals surface area contributed by atoms with Gasteiger partial charge in [-0.15, -0.1) is 0 Å². The number of thiazole rings is 1. The van der Waals surface area contributed by atoms with E-state index in [-0.39, 0.29) is 0 Å². The minimum atomic E-state index is 0.397. The van der Waals surface area contributed by atoms with E-state index < -0.39 is 0 Å². The molecule has 0 aliphatic rings. The van der Waals surface area contributed by atoms with Gasteiger partial charge in [0.05, 0.1) is 34.8 Å². The zero-order valence-corrected chi connectivity index (χ0v) is 14.6. The molecule has 2 aromatic carbocycles. The van der Waals surface area contributed by atoms with Crippen molar-refractivity contribution in [1.29, 1.82) is 5.26 Å². The van der Waals surface area contributed by atoms with Crippen LogP contribution in [0.1, 0.15) is 5.56 Å². The van der Waals surface area contributed by atoms with Crippen molar-refractivity contribution in [2.75, 3.05) is 12.4 Å². The molecule has 7 heteroatoms. The molecule has 0 amide bonds. The van der Waals surface area contributed by atoms with Gasteiger partial charge < -0.3 is 4.74 Å². The van der Waals surface area contributed by atoms with Crippen LogP contribution in [0.25, 0.3) is 21.5 Å². The van der Waals surface area contributed by atoms with Crippen molar-refractivity contribution in [2.45, 2.75) is 0 Å². The van der Waals surface area contributed by atoms with Crippen molar-refractivity contribution in [1.82, 2.24) is 15.0 Å². The van der Waals surface area contributed by atoms with E-state index in [4.69, 9.17) is 4.74 Å².